The molecule has 27 nitrogen and oxygen atoms in total. The molecule has 0 aliphatic heterocycles. The summed E-state index contributed by atoms with van der Waals surface area (Å²) in [7, 11) is 0. The topological polar surface area (TPSA) is 363 Å². The number of anilines is 1. The van der Waals surface area contributed by atoms with Crippen LogP contribution in [0.15, 0.2) is 72.8 Å². The molecule has 12 aromatic rings. The third kappa shape index (κ3) is 13.2. The number of aryl methyl sites for hydroxylation is 8. The standard InChI is InChI=1S/C18H16Cl2N4O4.C16H16N4O2.C14H10F2N4O2.C13H9Cl2N5O2/c1-4-27-17(25)14-15(18(26)28-5-2)24-16(22-21-14)13(9(3)23-24)10-6-7-11(19)12(20)8-10;1-8-5-6-12(7-9(8)2)13-10(3)19-20-11(4)14(16(21)22)17-18-15(13)20;1-6-11(8-3-4-9(15)10(16)5-8)13-18-17-12(14(21)22)7(2)20(13)19-6;1-5-9(6-2-3-7(14)8(15)4-6)12-18-17-10(13(21)22)11(16)20(12)19-5/h6-8H,4-5H2,1-3H3;5-7H,1-4H3,(H,21,22);3-5H,1-2H3,(H,21,22);2-4H,16H2,1H3,(H,21,22). The maximum atomic E-state index is 13.4. The van der Waals surface area contributed by atoms with Crippen LogP contribution in [0.4, 0.5) is 14.6 Å². The molecule has 0 radical (unpaired) electrons. The second kappa shape index (κ2) is 27.6. The molecule has 0 amide bonds. The zero-order valence-corrected chi connectivity index (χ0v) is 54.1. The van der Waals surface area contributed by atoms with E-state index in [0.717, 1.165) is 34.5 Å². The van der Waals surface area contributed by atoms with Gasteiger partial charge in [-0.15, -0.1) is 40.8 Å². The molecule has 0 aliphatic carbocycles. The first-order chi connectivity index (χ1) is 44.6. The lowest BCUT2D eigenvalue weighted by Gasteiger charge is -2.09. The number of rotatable bonds is 11. The molecule has 482 valence electrons. The summed E-state index contributed by atoms with van der Waals surface area (Å²) in [5, 5.41) is 77.1. The second-order valence-corrected chi connectivity index (χ2v) is 22.1. The summed E-state index contributed by atoms with van der Waals surface area (Å²) in [6, 6.07) is 19.8. The molecule has 0 saturated carbocycles. The average molecular weight is 1360 g/mol. The number of ether oxygens (including phenoxy) is 2. The van der Waals surface area contributed by atoms with Crippen LogP contribution in [0, 0.1) is 67.0 Å². The van der Waals surface area contributed by atoms with Gasteiger partial charge in [0.05, 0.1) is 89.7 Å². The molecule has 33 heteroatoms. The number of halogens is 6. The minimum Gasteiger partial charge on any atom is -0.476 e. The SMILES string of the molecule is CCOC(=O)c1nnc2c(-c3ccc(Cl)c(Cl)c3)c(C)nn2c1C(=O)OCC.Cc1ccc(-c2c(C)nn3c(C)c(C(=O)O)nnc23)cc1C.Cc1nn2c(C)c(C(=O)O)nnc2c1-c1ccc(F)c(F)c1.Cc1nn2c(N)c(C(=O)O)nnc2c1-c1ccc(Cl)c(Cl)c1. The van der Waals surface area contributed by atoms with Gasteiger partial charge in [-0.3, -0.25) is 0 Å². The van der Waals surface area contributed by atoms with Crippen molar-refractivity contribution < 1.29 is 57.5 Å². The third-order valence-corrected chi connectivity index (χ3v) is 15.8. The van der Waals surface area contributed by atoms with Crippen molar-refractivity contribution in [2.24, 2.45) is 0 Å². The lowest BCUT2D eigenvalue weighted by atomic mass is 10.0. The Morgan fingerprint density at radius 1 is 0.426 bits per heavy atom. The van der Waals surface area contributed by atoms with Crippen LogP contribution in [0.5, 0.6) is 0 Å². The highest BCUT2D eigenvalue weighted by atomic mass is 35.5. The van der Waals surface area contributed by atoms with E-state index in [9.17, 15) is 32.8 Å². The number of nitrogens with zero attached hydrogens (tertiary/aromatic N) is 16. The number of carboxylic acid groups (broad SMARTS) is 3. The van der Waals surface area contributed by atoms with Crippen LogP contribution >= 0.6 is 46.4 Å². The Morgan fingerprint density at radius 3 is 1.21 bits per heavy atom. The van der Waals surface area contributed by atoms with Crippen LogP contribution in [0.3, 0.4) is 0 Å². The highest BCUT2D eigenvalue weighted by molar-refractivity contribution is 6.42. The molecule has 0 atom stereocenters. The molecule has 0 fully saturated rings. The maximum Gasteiger partial charge on any atom is 0.361 e. The summed E-state index contributed by atoms with van der Waals surface area (Å²) in [6.45, 7) is 17.9. The molecule has 0 spiro atoms. The Morgan fingerprint density at radius 2 is 0.787 bits per heavy atom. The number of carbonyl (C=O) groups excluding carboxylic acids is 2. The Kier molecular flexibility index (Phi) is 19.9. The van der Waals surface area contributed by atoms with E-state index in [2.05, 4.69) is 87.2 Å². The molecule has 0 unspecified atom stereocenters. The summed E-state index contributed by atoms with van der Waals surface area (Å²) in [5.41, 5.74) is 17.3. The van der Waals surface area contributed by atoms with Crippen molar-refractivity contribution in [1.29, 1.82) is 0 Å². The first-order valence-corrected chi connectivity index (χ1v) is 29.3. The Hall–Kier alpha value is -10.8. The van der Waals surface area contributed by atoms with Crippen molar-refractivity contribution in [3.05, 3.63) is 178 Å². The second-order valence-electron chi connectivity index (χ2n) is 20.4. The molecule has 12 rings (SSSR count). The summed E-state index contributed by atoms with van der Waals surface area (Å²) in [4.78, 5) is 58.1. The third-order valence-electron chi connectivity index (χ3n) is 14.3. The van der Waals surface area contributed by atoms with Gasteiger partial charge in [-0.25, -0.2) is 46.3 Å². The number of nitrogen functional groups attached to an aromatic ring is 1. The fourth-order valence-corrected chi connectivity index (χ4v) is 10.3. The average Bonchev–Trinajstić information content (AvgIpc) is 1.62. The van der Waals surface area contributed by atoms with E-state index in [4.69, 9.17) is 76.9 Å². The lowest BCUT2D eigenvalue weighted by molar-refractivity contribution is 0.0463. The van der Waals surface area contributed by atoms with Crippen LogP contribution in [0.2, 0.25) is 20.1 Å². The van der Waals surface area contributed by atoms with E-state index in [1.54, 1.807) is 89.4 Å². The molecule has 5 N–H and O–H groups in total. The first-order valence-electron chi connectivity index (χ1n) is 27.8. The molecular weight excluding hydrogens is 1310 g/mol. The number of fused-ring (bicyclic) bond motifs is 4. The normalized spacial score (nSPS) is 11.0. The fourth-order valence-electron chi connectivity index (χ4n) is 9.73. The van der Waals surface area contributed by atoms with Gasteiger partial charge in [0.25, 0.3) is 0 Å². The van der Waals surface area contributed by atoms with E-state index >= 15 is 0 Å². The van der Waals surface area contributed by atoms with Gasteiger partial charge in [-0.1, -0.05) is 82.8 Å². The predicted octanol–water partition coefficient (Wildman–Crippen LogP) is 11.6. The van der Waals surface area contributed by atoms with Crippen molar-refractivity contribution in [1.82, 2.24) is 79.2 Å². The van der Waals surface area contributed by atoms with E-state index in [1.807, 2.05) is 13.0 Å². The van der Waals surface area contributed by atoms with Gasteiger partial charge in [0.1, 0.15) is 0 Å². The highest BCUT2D eigenvalue weighted by Crippen LogP contribution is 2.36. The number of hydrogen-bond donors (Lipinski definition) is 4. The Balaban J connectivity index is 0.000000148. The van der Waals surface area contributed by atoms with Crippen molar-refractivity contribution in [2.75, 3.05) is 18.9 Å². The molecule has 0 bridgehead atoms. The Labute approximate surface area is 549 Å². The van der Waals surface area contributed by atoms with Gasteiger partial charge in [0.2, 0.25) is 11.4 Å². The Bertz CT molecular complexity index is 4740. The van der Waals surface area contributed by atoms with Crippen LogP contribution in [0.25, 0.3) is 67.1 Å². The summed E-state index contributed by atoms with van der Waals surface area (Å²) < 4.78 is 41.9. The number of aromatic nitrogens is 16. The minimum absolute atomic E-state index is 0.0818. The molecular formula is C61H51Cl4F2N17O10. The van der Waals surface area contributed by atoms with Crippen molar-refractivity contribution in [3.63, 3.8) is 0 Å². The molecule has 0 aliphatic rings. The number of esters is 2. The molecule has 8 aromatic heterocycles. The van der Waals surface area contributed by atoms with Gasteiger partial charge in [0, 0.05) is 0 Å². The monoisotopic (exact) mass is 1360 g/mol. The summed E-state index contributed by atoms with van der Waals surface area (Å²) in [6.07, 6.45) is 0. The predicted molar refractivity (Wildman–Crippen MR) is 340 cm³/mol. The number of benzene rings is 4. The molecule has 94 heavy (non-hydrogen) atoms. The number of nitrogens with two attached hydrogens (primary N) is 1. The van der Waals surface area contributed by atoms with Gasteiger partial charge >= 0.3 is 29.8 Å². The summed E-state index contributed by atoms with van der Waals surface area (Å²) >= 11 is 24.1. The largest absolute Gasteiger partial charge is 0.476 e. The number of aromatic carboxylic acids is 3. The number of hydrogen-bond acceptors (Lipinski definition) is 20. The van der Waals surface area contributed by atoms with E-state index < -0.39 is 41.5 Å². The van der Waals surface area contributed by atoms with E-state index in [-0.39, 0.29) is 58.8 Å². The van der Waals surface area contributed by atoms with Crippen LogP contribution in [-0.4, -0.2) is 138 Å². The van der Waals surface area contributed by atoms with E-state index in [0.29, 0.717) is 87.7 Å². The smallest absolute Gasteiger partial charge is 0.361 e. The van der Waals surface area contributed by atoms with Crippen molar-refractivity contribution >= 4 is 105 Å². The summed E-state index contributed by atoms with van der Waals surface area (Å²) in [5.74, 6) is -7.15. The lowest BCUT2D eigenvalue weighted by Crippen LogP contribution is -2.21. The van der Waals surface area contributed by atoms with Crippen LogP contribution < -0.4 is 5.73 Å². The van der Waals surface area contributed by atoms with Gasteiger partial charge in [0.15, 0.2) is 57.1 Å². The first kappa shape index (κ1) is 67.6. The van der Waals surface area contributed by atoms with Crippen LogP contribution in [0.1, 0.15) is 112 Å². The molecule has 4 aromatic carbocycles. The van der Waals surface area contributed by atoms with Gasteiger partial charge < -0.3 is 30.5 Å². The van der Waals surface area contributed by atoms with Gasteiger partial charge in [-0.05, 0) is 139 Å². The zero-order chi connectivity index (χ0) is 68.5. The zero-order valence-electron chi connectivity index (χ0n) is 51.0. The quantitative estimate of drug-likeness (QED) is 0.0874. The highest BCUT2D eigenvalue weighted by Gasteiger charge is 2.30. The van der Waals surface area contributed by atoms with Crippen molar-refractivity contribution in [3.8, 4) is 44.5 Å². The number of carboxylic acids is 3. The molecule has 0 saturated heterocycles. The van der Waals surface area contributed by atoms with Crippen LogP contribution in [-0.2, 0) is 9.47 Å². The maximum absolute atomic E-state index is 13.4. The van der Waals surface area contributed by atoms with Crippen molar-refractivity contribution in [2.45, 2.75) is 69.2 Å². The van der Waals surface area contributed by atoms with Gasteiger partial charge in [-0.2, -0.15) is 24.9 Å². The minimum atomic E-state index is -1.27. The van der Waals surface area contributed by atoms with E-state index in [1.165, 1.54) is 30.7 Å². The molecule has 8 heterocycles. The fraction of sp³-hybridized carbons (Fsp3) is 0.197. The number of carbonyl (C=O) groups is 5.